The van der Waals surface area contributed by atoms with Gasteiger partial charge in [0, 0.05) is 10.7 Å². The third kappa shape index (κ3) is 2.86. The van der Waals surface area contributed by atoms with Crippen LogP contribution >= 0.6 is 11.6 Å². The van der Waals surface area contributed by atoms with Crippen molar-refractivity contribution in [2.45, 2.75) is 6.92 Å². The van der Waals surface area contributed by atoms with Gasteiger partial charge in [-0.05, 0) is 36.8 Å². The van der Waals surface area contributed by atoms with Crippen LogP contribution in [0.15, 0.2) is 36.4 Å². The van der Waals surface area contributed by atoms with E-state index in [1.807, 2.05) is 19.1 Å². The number of ether oxygens (including phenoxy) is 1. The summed E-state index contributed by atoms with van der Waals surface area (Å²) < 4.78 is 4.70. The van der Waals surface area contributed by atoms with E-state index in [2.05, 4.69) is 5.32 Å². The van der Waals surface area contributed by atoms with Crippen LogP contribution < -0.4 is 11.1 Å². The number of para-hydroxylation sites is 1. The number of nitrogen functional groups attached to an aromatic ring is 1. The molecule has 20 heavy (non-hydrogen) atoms. The van der Waals surface area contributed by atoms with Crippen LogP contribution in [0.1, 0.15) is 15.9 Å². The van der Waals surface area contributed by atoms with E-state index in [1.165, 1.54) is 7.11 Å². The Hall–Kier alpha value is -2.20. The molecule has 0 aliphatic heterocycles. The van der Waals surface area contributed by atoms with Gasteiger partial charge in [0.2, 0.25) is 0 Å². The molecule has 0 amide bonds. The maximum absolute atomic E-state index is 11.6. The van der Waals surface area contributed by atoms with E-state index in [0.29, 0.717) is 22.0 Å². The lowest BCUT2D eigenvalue weighted by Gasteiger charge is -2.14. The Labute approximate surface area is 122 Å². The van der Waals surface area contributed by atoms with Crippen molar-refractivity contribution in [1.29, 1.82) is 0 Å². The minimum atomic E-state index is -0.464. The highest BCUT2D eigenvalue weighted by atomic mass is 35.5. The molecule has 0 atom stereocenters. The number of rotatable bonds is 3. The number of methoxy groups -OCH3 is 1. The average molecular weight is 291 g/mol. The molecular formula is C15H15ClN2O2. The van der Waals surface area contributed by atoms with Crippen molar-refractivity contribution in [3.05, 3.63) is 52.5 Å². The number of benzene rings is 2. The summed E-state index contributed by atoms with van der Waals surface area (Å²) in [5.41, 5.74) is 9.18. The predicted octanol–water partition coefficient (Wildman–Crippen LogP) is 3.76. The van der Waals surface area contributed by atoms with Crippen molar-refractivity contribution in [2.24, 2.45) is 0 Å². The molecule has 104 valence electrons. The smallest absolute Gasteiger partial charge is 0.340 e. The second kappa shape index (κ2) is 5.84. The maximum Gasteiger partial charge on any atom is 0.340 e. The van der Waals surface area contributed by atoms with Crippen molar-refractivity contribution < 1.29 is 9.53 Å². The maximum atomic E-state index is 11.6. The summed E-state index contributed by atoms with van der Waals surface area (Å²) in [6.07, 6.45) is 0. The fourth-order valence-electron chi connectivity index (χ4n) is 1.84. The number of anilines is 3. The summed E-state index contributed by atoms with van der Waals surface area (Å²) >= 11 is 5.98. The van der Waals surface area contributed by atoms with Crippen LogP contribution in [0, 0.1) is 6.92 Å². The van der Waals surface area contributed by atoms with Gasteiger partial charge in [-0.25, -0.2) is 4.79 Å². The molecule has 3 N–H and O–H groups in total. The minimum Gasteiger partial charge on any atom is -0.465 e. The van der Waals surface area contributed by atoms with E-state index in [0.717, 1.165) is 11.3 Å². The fraction of sp³-hybridized carbons (Fsp3) is 0.133. The number of carbonyl (C=O) groups is 1. The van der Waals surface area contributed by atoms with Crippen LogP contribution in [0.2, 0.25) is 5.02 Å². The number of halogens is 1. The summed E-state index contributed by atoms with van der Waals surface area (Å²) in [6.45, 7) is 1.96. The van der Waals surface area contributed by atoms with Crippen LogP contribution in [0.4, 0.5) is 17.1 Å². The molecule has 2 rings (SSSR count). The highest BCUT2D eigenvalue weighted by Gasteiger charge is 2.13. The Balaban J connectivity index is 2.39. The number of carbonyl (C=O) groups excluding carboxylic acids is 1. The average Bonchev–Trinajstić information content (AvgIpc) is 2.44. The summed E-state index contributed by atoms with van der Waals surface area (Å²) in [6, 6.07) is 10.7. The van der Waals surface area contributed by atoms with Gasteiger partial charge in [0.25, 0.3) is 0 Å². The topological polar surface area (TPSA) is 64.3 Å². The predicted molar refractivity (Wildman–Crippen MR) is 81.7 cm³/mol. The van der Waals surface area contributed by atoms with E-state index in [4.69, 9.17) is 22.1 Å². The van der Waals surface area contributed by atoms with Gasteiger partial charge in [0.15, 0.2) is 0 Å². The molecule has 0 aliphatic carbocycles. The highest BCUT2D eigenvalue weighted by Crippen LogP contribution is 2.29. The van der Waals surface area contributed by atoms with Crippen molar-refractivity contribution in [3.63, 3.8) is 0 Å². The molecule has 2 aromatic carbocycles. The molecule has 5 heteroatoms. The van der Waals surface area contributed by atoms with Gasteiger partial charge in [-0.3, -0.25) is 0 Å². The molecule has 2 aromatic rings. The molecular weight excluding hydrogens is 276 g/mol. The summed E-state index contributed by atoms with van der Waals surface area (Å²) in [7, 11) is 1.32. The third-order valence-corrected chi connectivity index (χ3v) is 3.22. The zero-order valence-electron chi connectivity index (χ0n) is 11.2. The van der Waals surface area contributed by atoms with Gasteiger partial charge >= 0.3 is 5.97 Å². The van der Waals surface area contributed by atoms with Crippen molar-refractivity contribution in [1.82, 2.24) is 0 Å². The molecule has 0 unspecified atom stereocenters. The van der Waals surface area contributed by atoms with Crippen molar-refractivity contribution in [2.75, 3.05) is 18.2 Å². The van der Waals surface area contributed by atoms with Gasteiger partial charge in [-0.1, -0.05) is 23.7 Å². The van der Waals surface area contributed by atoms with E-state index in [-0.39, 0.29) is 0 Å². The lowest BCUT2D eigenvalue weighted by atomic mass is 10.1. The Bertz CT molecular complexity index is 656. The van der Waals surface area contributed by atoms with Crippen LogP contribution in [-0.4, -0.2) is 13.1 Å². The first-order chi connectivity index (χ1) is 9.52. The Morgan fingerprint density at radius 1 is 1.25 bits per heavy atom. The monoisotopic (exact) mass is 290 g/mol. The molecule has 0 bridgehead atoms. The number of nitrogens with two attached hydrogens (primary N) is 1. The zero-order chi connectivity index (χ0) is 14.7. The second-order valence-electron chi connectivity index (χ2n) is 4.34. The lowest BCUT2D eigenvalue weighted by molar-refractivity contribution is 0.0602. The Morgan fingerprint density at radius 3 is 2.70 bits per heavy atom. The van der Waals surface area contributed by atoms with Gasteiger partial charge in [0.05, 0.1) is 24.0 Å². The van der Waals surface area contributed by atoms with Crippen LogP contribution in [-0.2, 0) is 4.74 Å². The first-order valence-corrected chi connectivity index (χ1v) is 6.40. The first-order valence-electron chi connectivity index (χ1n) is 6.03. The number of aryl methyl sites for hydroxylation is 1. The summed E-state index contributed by atoms with van der Waals surface area (Å²) in [5.74, 6) is -0.464. The van der Waals surface area contributed by atoms with Crippen molar-refractivity contribution in [3.8, 4) is 0 Å². The normalized spacial score (nSPS) is 10.2. The SMILES string of the molecule is COC(=O)c1cccc(Nc2cc(Cl)ccc2C)c1N. The summed E-state index contributed by atoms with van der Waals surface area (Å²) in [5, 5.41) is 3.81. The van der Waals surface area contributed by atoms with Crippen LogP contribution in [0.3, 0.4) is 0 Å². The second-order valence-corrected chi connectivity index (χ2v) is 4.78. The third-order valence-electron chi connectivity index (χ3n) is 2.98. The number of hydrogen-bond acceptors (Lipinski definition) is 4. The molecule has 0 heterocycles. The molecule has 4 nitrogen and oxygen atoms in total. The number of hydrogen-bond donors (Lipinski definition) is 2. The minimum absolute atomic E-state index is 0.331. The van der Waals surface area contributed by atoms with Crippen LogP contribution in [0.25, 0.3) is 0 Å². The Kier molecular flexibility index (Phi) is 4.15. The highest BCUT2D eigenvalue weighted by molar-refractivity contribution is 6.30. The fourth-order valence-corrected chi connectivity index (χ4v) is 2.01. The molecule has 0 aromatic heterocycles. The molecule has 0 aliphatic rings. The first kappa shape index (κ1) is 14.2. The van der Waals surface area contributed by atoms with Gasteiger partial charge < -0.3 is 15.8 Å². The van der Waals surface area contributed by atoms with E-state index < -0.39 is 5.97 Å². The Morgan fingerprint density at radius 2 is 2.00 bits per heavy atom. The number of nitrogens with one attached hydrogen (secondary N) is 1. The molecule has 0 saturated heterocycles. The van der Waals surface area contributed by atoms with E-state index in [1.54, 1.807) is 24.3 Å². The van der Waals surface area contributed by atoms with Crippen LogP contribution in [0.5, 0.6) is 0 Å². The molecule has 0 fully saturated rings. The zero-order valence-corrected chi connectivity index (χ0v) is 12.0. The quantitative estimate of drug-likeness (QED) is 0.667. The van der Waals surface area contributed by atoms with Gasteiger partial charge in [0.1, 0.15) is 0 Å². The standard InChI is InChI=1S/C15H15ClN2O2/c1-9-6-7-10(16)8-13(9)18-12-5-3-4-11(14(12)17)15(19)20-2/h3-8,18H,17H2,1-2H3. The molecule has 0 radical (unpaired) electrons. The van der Waals surface area contributed by atoms with Gasteiger partial charge in [-0.2, -0.15) is 0 Å². The van der Waals surface area contributed by atoms with Gasteiger partial charge in [-0.15, -0.1) is 0 Å². The van der Waals surface area contributed by atoms with Crippen molar-refractivity contribution >= 4 is 34.6 Å². The lowest BCUT2D eigenvalue weighted by Crippen LogP contribution is -2.07. The van der Waals surface area contributed by atoms with E-state index >= 15 is 0 Å². The summed E-state index contributed by atoms with van der Waals surface area (Å²) in [4.78, 5) is 11.6. The number of esters is 1. The molecule has 0 saturated carbocycles. The van der Waals surface area contributed by atoms with E-state index in [9.17, 15) is 4.79 Å². The molecule has 0 spiro atoms. The largest absolute Gasteiger partial charge is 0.465 e.